The van der Waals surface area contributed by atoms with E-state index in [1.54, 1.807) is 0 Å². The Hall–Kier alpha value is -0.570. The highest BCUT2D eigenvalue weighted by molar-refractivity contribution is 5.66. The lowest BCUT2D eigenvalue weighted by atomic mass is 10.1. The molecular weight excluding hydrogens is 190 g/mol. The summed E-state index contributed by atoms with van der Waals surface area (Å²) >= 11 is 0. The fourth-order valence-corrected chi connectivity index (χ4v) is 1.14. The molecule has 0 aromatic heterocycles. The molecule has 3 N–H and O–H groups in total. The highest BCUT2D eigenvalue weighted by Gasteiger charge is 1.87. The third-order valence-corrected chi connectivity index (χ3v) is 2.02. The number of hydrogen-bond donors (Lipinski definition) is 2. The van der Waals surface area contributed by atoms with Gasteiger partial charge >= 0.3 is 5.97 Å². The Labute approximate surface area is 94.1 Å². The summed E-state index contributed by atoms with van der Waals surface area (Å²) in [5.74, 6) is -0.711. The van der Waals surface area contributed by atoms with Crippen LogP contribution in [0.3, 0.4) is 0 Å². The van der Waals surface area contributed by atoms with Gasteiger partial charge in [0.2, 0.25) is 0 Å². The minimum atomic E-state index is -0.711. The largest absolute Gasteiger partial charge is 0.481 e. The fourth-order valence-electron chi connectivity index (χ4n) is 1.14. The van der Waals surface area contributed by atoms with Crippen molar-refractivity contribution >= 4 is 5.97 Å². The number of aliphatic carboxylic acids is 1. The van der Waals surface area contributed by atoms with Crippen LogP contribution in [-0.2, 0) is 4.79 Å². The summed E-state index contributed by atoms with van der Waals surface area (Å²) in [5.41, 5.74) is 5.34. The molecule has 0 unspecified atom stereocenters. The second-order valence-corrected chi connectivity index (χ2v) is 3.70. The third-order valence-electron chi connectivity index (χ3n) is 2.02. The third kappa shape index (κ3) is 24.7. The second kappa shape index (κ2) is 15.9. The number of carbonyl (C=O) groups is 1. The molecule has 0 aromatic rings. The van der Waals surface area contributed by atoms with E-state index in [1.165, 1.54) is 38.5 Å². The average Bonchev–Trinajstić information content (AvgIpc) is 2.18. The van der Waals surface area contributed by atoms with Crippen LogP contribution in [0, 0.1) is 0 Å². The molecule has 0 rings (SSSR count). The Morgan fingerprint density at radius 2 is 1.53 bits per heavy atom. The van der Waals surface area contributed by atoms with Crippen molar-refractivity contribution in [2.45, 2.75) is 65.2 Å². The van der Waals surface area contributed by atoms with Crippen molar-refractivity contribution in [1.82, 2.24) is 0 Å². The maximum absolute atomic E-state index is 9.60. The first-order valence-corrected chi connectivity index (χ1v) is 6.10. The van der Waals surface area contributed by atoms with Crippen LogP contribution < -0.4 is 5.73 Å². The summed E-state index contributed by atoms with van der Waals surface area (Å²) in [5, 5.41) is 7.91. The molecule has 0 heterocycles. The van der Waals surface area contributed by atoms with Gasteiger partial charge in [-0.05, 0) is 19.4 Å². The molecule has 0 spiro atoms. The molecule has 0 saturated carbocycles. The maximum atomic E-state index is 9.60. The van der Waals surface area contributed by atoms with Gasteiger partial charge in [-0.1, -0.05) is 46.0 Å². The van der Waals surface area contributed by atoms with Crippen molar-refractivity contribution in [2.75, 3.05) is 6.54 Å². The molecule has 0 bridgehead atoms. The molecule has 0 amide bonds. The number of rotatable bonds is 8. The highest BCUT2D eigenvalue weighted by Crippen LogP contribution is 2.03. The molecule has 3 nitrogen and oxygen atoms in total. The molecule has 0 fully saturated rings. The van der Waals surface area contributed by atoms with Gasteiger partial charge in [0, 0.05) is 6.42 Å². The normalized spacial score (nSPS) is 9.27. The lowest BCUT2D eigenvalue weighted by Gasteiger charge is -1.96. The van der Waals surface area contributed by atoms with Crippen LogP contribution in [0.25, 0.3) is 0 Å². The molecule has 0 aliphatic heterocycles. The molecule has 0 aromatic carbocycles. The second-order valence-electron chi connectivity index (χ2n) is 3.70. The van der Waals surface area contributed by atoms with Gasteiger partial charge in [0.05, 0.1) is 0 Å². The van der Waals surface area contributed by atoms with Gasteiger partial charge < -0.3 is 10.8 Å². The van der Waals surface area contributed by atoms with Crippen LogP contribution in [0.4, 0.5) is 0 Å². The molecule has 15 heavy (non-hydrogen) atoms. The maximum Gasteiger partial charge on any atom is 0.303 e. The summed E-state index contributed by atoms with van der Waals surface area (Å²) in [4.78, 5) is 9.60. The molecule has 0 aliphatic carbocycles. The van der Waals surface area contributed by atoms with Gasteiger partial charge in [-0.3, -0.25) is 4.79 Å². The number of nitrogens with two attached hydrogens (primary N) is 1. The van der Waals surface area contributed by atoms with E-state index in [0.29, 0.717) is 6.42 Å². The fraction of sp³-hybridized carbons (Fsp3) is 0.917. The zero-order valence-corrected chi connectivity index (χ0v) is 10.3. The van der Waals surface area contributed by atoms with Crippen molar-refractivity contribution in [1.29, 1.82) is 0 Å². The Balaban J connectivity index is 0. The zero-order valence-electron chi connectivity index (χ0n) is 10.3. The Kier molecular flexibility index (Phi) is 17.8. The Morgan fingerprint density at radius 3 is 1.87 bits per heavy atom. The SMILES string of the molecule is CCCC(=O)O.CCCCCCCCN. The van der Waals surface area contributed by atoms with Crippen LogP contribution in [0.5, 0.6) is 0 Å². The molecule has 0 aliphatic rings. The number of carboxylic acid groups (broad SMARTS) is 1. The predicted octanol–water partition coefficient (Wildman–Crippen LogP) is 3.18. The molecule has 0 saturated heterocycles. The molecule has 92 valence electrons. The van der Waals surface area contributed by atoms with Crippen LogP contribution >= 0.6 is 0 Å². The summed E-state index contributed by atoms with van der Waals surface area (Å²) in [6.45, 7) is 4.95. The van der Waals surface area contributed by atoms with Gasteiger partial charge in [0.25, 0.3) is 0 Å². The molecule has 0 radical (unpaired) electrons. The lowest BCUT2D eigenvalue weighted by Crippen LogP contribution is -1.97. The lowest BCUT2D eigenvalue weighted by molar-refractivity contribution is -0.137. The first-order valence-electron chi connectivity index (χ1n) is 6.10. The Bertz CT molecular complexity index is 121. The molecular formula is C12H27NO2. The zero-order chi connectivity index (χ0) is 11.9. The van der Waals surface area contributed by atoms with Crippen molar-refractivity contribution in [3.05, 3.63) is 0 Å². The highest BCUT2D eigenvalue weighted by atomic mass is 16.4. The average molecular weight is 217 g/mol. The monoisotopic (exact) mass is 217 g/mol. The summed E-state index contributed by atoms with van der Waals surface area (Å²) in [6.07, 6.45) is 9.07. The topological polar surface area (TPSA) is 63.3 Å². The van der Waals surface area contributed by atoms with E-state index < -0.39 is 5.97 Å². The van der Waals surface area contributed by atoms with Crippen LogP contribution in [-0.4, -0.2) is 17.6 Å². The number of unbranched alkanes of at least 4 members (excludes halogenated alkanes) is 5. The van der Waals surface area contributed by atoms with E-state index in [9.17, 15) is 4.79 Å². The van der Waals surface area contributed by atoms with Crippen LogP contribution in [0.1, 0.15) is 65.2 Å². The first kappa shape index (κ1) is 16.8. The van der Waals surface area contributed by atoms with E-state index >= 15 is 0 Å². The van der Waals surface area contributed by atoms with Gasteiger partial charge in [0.1, 0.15) is 0 Å². The van der Waals surface area contributed by atoms with Crippen LogP contribution in [0.15, 0.2) is 0 Å². The van der Waals surface area contributed by atoms with E-state index in [2.05, 4.69) is 6.92 Å². The smallest absolute Gasteiger partial charge is 0.303 e. The summed E-state index contributed by atoms with van der Waals surface area (Å²) in [7, 11) is 0. The number of carboxylic acids is 1. The minimum Gasteiger partial charge on any atom is -0.481 e. The van der Waals surface area contributed by atoms with Crippen molar-refractivity contribution in [2.24, 2.45) is 5.73 Å². The van der Waals surface area contributed by atoms with E-state index in [4.69, 9.17) is 10.8 Å². The summed E-state index contributed by atoms with van der Waals surface area (Å²) < 4.78 is 0. The van der Waals surface area contributed by atoms with Crippen molar-refractivity contribution < 1.29 is 9.90 Å². The minimum absolute atomic E-state index is 0.292. The molecule has 3 heteroatoms. The number of hydrogen-bond acceptors (Lipinski definition) is 2. The van der Waals surface area contributed by atoms with E-state index in [-0.39, 0.29) is 0 Å². The molecule has 0 atom stereocenters. The van der Waals surface area contributed by atoms with Crippen LogP contribution in [0.2, 0.25) is 0 Å². The van der Waals surface area contributed by atoms with Gasteiger partial charge in [-0.2, -0.15) is 0 Å². The van der Waals surface area contributed by atoms with Crippen molar-refractivity contribution in [3.63, 3.8) is 0 Å². The van der Waals surface area contributed by atoms with Gasteiger partial charge in [-0.25, -0.2) is 0 Å². The predicted molar refractivity (Wildman–Crippen MR) is 65.0 cm³/mol. The van der Waals surface area contributed by atoms with E-state index in [1.807, 2.05) is 6.92 Å². The van der Waals surface area contributed by atoms with Gasteiger partial charge in [-0.15, -0.1) is 0 Å². The Morgan fingerprint density at radius 1 is 1.00 bits per heavy atom. The quantitative estimate of drug-likeness (QED) is 0.614. The van der Waals surface area contributed by atoms with Crippen molar-refractivity contribution in [3.8, 4) is 0 Å². The van der Waals surface area contributed by atoms with E-state index in [0.717, 1.165) is 13.0 Å². The summed E-state index contributed by atoms with van der Waals surface area (Å²) in [6, 6.07) is 0. The first-order chi connectivity index (χ1) is 7.18. The standard InChI is InChI=1S/C8H19N.C4H8O2/c1-2-3-4-5-6-7-8-9;1-2-3-4(5)6/h2-9H2,1H3;2-3H2,1H3,(H,5,6). The van der Waals surface area contributed by atoms with Gasteiger partial charge in [0.15, 0.2) is 0 Å².